The fourth-order valence-electron chi connectivity index (χ4n) is 15.1. The molecule has 0 spiro atoms. The Morgan fingerprint density at radius 3 is 1.34 bits per heavy atom. The fourth-order valence-corrected chi connectivity index (χ4v) is 19.3. The average molecular weight is 1650 g/mol. The molecular weight excluding hydrogens is 1510 g/mol. The number of rotatable bonds is 29. The molecule has 0 bridgehead atoms. The number of likely N-dealkylation sites (N-methyl/N-ethyl adjacent to an activating group) is 7. The second-order valence-electron chi connectivity index (χ2n) is 34.3. The molecule has 4 rings (SSSR count). The van der Waals surface area contributed by atoms with Gasteiger partial charge in [0.25, 0.3) is 0 Å². The van der Waals surface area contributed by atoms with Gasteiger partial charge in [-0.2, -0.15) is 0 Å². The van der Waals surface area contributed by atoms with Crippen molar-refractivity contribution >= 4 is 100.0 Å². The van der Waals surface area contributed by atoms with E-state index in [0.717, 1.165) is 29.1 Å². The molecule has 1 aliphatic rings. The molecule has 1 saturated heterocycles. The number of nitrogens with one attached hydrogen (secondary N) is 6. The molecule has 12 atom stereocenters. The van der Waals surface area contributed by atoms with E-state index in [9.17, 15) is 48.3 Å². The summed E-state index contributed by atoms with van der Waals surface area (Å²) in [6, 6.07) is 18.4. The van der Waals surface area contributed by atoms with Crippen LogP contribution in [0.1, 0.15) is 181 Å². The van der Waals surface area contributed by atoms with Crippen molar-refractivity contribution in [2.45, 2.75) is 248 Å². The molecule has 1 fully saturated rings. The van der Waals surface area contributed by atoms with Gasteiger partial charge in [0.2, 0.25) is 76.8 Å². The second-order valence-corrected chi connectivity index (χ2v) is 37.9. The summed E-state index contributed by atoms with van der Waals surface area (Å²) in [6.07, 6.45) is 5.64. The Balaban J connectivity index is 1.67. The highest BCUT2D eigenvalue weighted by atomic mass is 31.2. The van der Waals surface area contributed by atoms with Crippen LogP contribution in [-0.2, 0) is 62.3 Å². The van der Waals surface area contributed by atoms with Crippen LogP contribution in [0.2, 0.25) is 0 Å². The summed E-state index contributed by atoms with van der Waals surface area (Å²) in [5.41, 5.74) is 0. The van der Waals surface area contributed by atoms with Crippen molar-refractivity contribution in [3.05, 3.63) is 103 Å². The number of carbonyl (C=O) groups is 13. The van der Waals surface area contributed by atoms with E-state index in [1.54, 1.807) is 47.6 Å². The number of unbranched alkanes of at least 4 members (excludes halogenated alkanes) is 3. The van der Waals surface area contributed by atoms with Crippen molar-refractivity contribution in [1.29, 1.82) is 0 Å². The van der Waals surface area contributed by atoms with Crippen LogP contribution < -0.4 is 47.8 Å². The zero-order valence-corrected chi connectivity index (χ0v) is 75.0. The molecule has 0 aliphatic carbocycles. The van der Waals surface area contributed by atoms with Crippen molar-refractivity contribution in [2.24, 2.45) is 41.4 Å². The molecular formula is C89H141N13O14P+. The average Bonchev–Trinajstić information content (AvgIpc) is 0.759. The highest BCUT2D eigenvalue weighted by Crippen LogP contribution is 2.55. The van der Waals surface area contributed by atoms with Crippen LogP contribution in [0.4, 0.5) is 0 Å². The van der Waals surface area contributed by atoms with E-state index in [-0.39, 0.29) is 68.1 Å². The highest BCUT2D eigenvalue weighted by molar-refractivity contribution is 7.95. The van der Waals surface area contributed by atoms with Crippen molar-refractivity contribution in [3.8, 4) is 0 Å². The Kier molecular flexibility index (Phi) is 41.2. The summed E-state index contributed by atoms with van der Waals surface area (Å²) < 4.78 is 0. The molecule has 28 heteroatoms. The number of carbonyl (C=O) groups excluding carboxylic acids is 13. The van der Waals surface area contributed by atoms with E-state index in [1.165, 1.54) is 110 Å². The van der Waals surface area contributed by atoms with Gasteiger partial charge in [0.15, 0.2) is 0 Å². The van der Waals surface area contributed by atoms with Gasteiger partial charge in [-0.05, 0) is 149 Å². The zero-order valence-electron chi connectivity index (χ0n) is 74.1. The van der Waals surface area contributed by atoms with Crippen molar-refractivity contribution < 1.29 is 67.4 Å². The highest BCUT2D eigenvalue weighted by Gasteiger charge is 2.48. The van der Waals surface area contributed by atoms with Gasteiger partial charge in [-0.3, -0.25) is 62.3 Å². The van der Waals surface area contributed by atoms with Crippen LogP contribution in [0.25, 0.3) is 0 Å². The van der Waals surface area contributed by atoms with Gasteiger partial charge in [-0.15, -0.1) is 0 Å². The lowest BCUT2D eigenvalue weighted by atomic mass is 9.91. The largest absolute Gasteiger partial charge is 0.390 e. The van der Waals surface area contributed by atoms with Crippen LogP contribution in [0, 0.1) is 41.4 Å². The topological polar surface area (TPSA) is 337 Å². The van der Waals surface area contributed by atoms with E-state index in [4.69, 9.17) is 0 Å². The third kappa shape index (κ3) is 28.9. The Bertz CT molecular complexity index is 3690. The number of nitrogens with zero attached hydrogens (tertiary/aromatic N) is 7. The van der Waals surface area contributed by atoms with Gasteiger partial charge in [0, 0.05) is 62.4 Å². The summed E-state index contributed by atoms with van der Waals surface area (Å²) >= 11 is 0. The fraction of sp³-hybridized carbons (Fsp3) is 0.629. The molecule has 0 radical (unpaired) electrons. The number of allylic oxidation sites excluding steroid dienone is 1. The van der Waals surface area contributed by atoms with Gasteiger partial charge < -0.3 is 71.3 Å². The van der Waals surface area contributed by atoms with Crippen molar-refractivity contribution in [3.63, 3.8) is 0 Å². The molecule has 27 nitrogen and oxygen atoms in total. The number of amides is 13. The first kappa shape index (κ1) is 100. The monoisotopic (exact) mass is 1650 g/mol. The summed E-state index contributed by atoms with van der Waals surface area (Å²) in [5.74, 6) is -11.1. The number of benzene rings is 3. The van der Waals surface area contributed by atoms with E-state index < -0.39 is 169 Å². The Hall–Kier alpha value is -9.10. The summed E-state index contributed by atoms with van der Waals surface area (Å²) in [6.45, 7) is 28.1. The molecule has 0 aromatic heterocycles. The van der Waals surface area contributed by atoms with Crippen LogP contribution in [0.5, 0.6) is 0 Å². The number of aliphatic hydroxyl groups is 1. The molecule has 3 aromatic carbocycles. The summed E-state index contributed by atoms with van der Waals surface area (Å²) in [7, 11) is 7.60. The van der Waals surface area contributed by atoms with Crippen LogP contribution in [0.15, 0.2) is 103 Å². The van der Waals surface area contributed by atoms with Gasteiger partial charge >= 0.3 is 0 Å². The van der Waals surface area contributed by atoms with Crippen LogP contribution >= 0.6 is 7.26 Å². The second kappa shape index (κ2) is 48.1. The predicted octanol–water partition coefficient (Wildman–Crippen LogP) is 6.43. The molecule has 1 aliphatic heterocycles. The molecule has 0 unspecified atom stereocenters. The van der Waals surface area contributed by atoms with Gasteiger partial charge in [0.1, 0.15) is 83.6 Å². The Morgan fingerprint density at radius 1 is 0.462 bits per heavy atom. The standard InChI is InChI=1S/C89H140N13O14P/c1-24-68-85(112)96(17)55-75(105)97(18)69(51-56(2)3)82(109)95-76(60(10)11)88(115)98(19)70(52-57(4)5)81(108)92-63(15)80(107)93-64(16)84(111)99(20)71(53-58(6)7)86(113)100(21)72(54-59(8)9)87(114)101(22)77(61(12)13)89(116)102(23)78(83(110)94-68)79(106)62(14)39-38-46-73(103)90-48-36-25-26-37-49-91-74(104)47-50-117(65-40-30-27-31-41-65,66-42-32-28-33-43-66)67-44-34-29-35-45-67/h27-35,38,40-46,56-64,68-72,76-79,106H,24-26,36-37,39,47-55H2,1-23H3,(H5-,90,91,92,93,94,95,103,104,107,108,109,110)/p+1/b46-38+/t62-,63+,64-,68+,69+,70+,71+,72+,76+,77+,78+,79-/m1/s1. The summed E-state index contributed by atoms with van der Waals surface area (Å²) in [4.78, 5) is 198. The van der Waals surface area contributed by atoms with E-state index >= 15 is 19.2 Å². The smallest absolute Gasteiger partial charge is 0.246 e. The Labute approximate surface area is 697 Å². The minimum atomic E-state index is -2.18. The third-order valence-corrected chi connectivity index (χ3v) is 26.5. The third-order valence-electron chi connectivity index (χ3n) is 22.1. The van der Waals surface area contributed by atoms with Crippen LogP contribution in [-0.4, -0.2) is 258 Å². The first-order valence-corrected chi connectivity index (χ1v) is 43.9. The maximum absolute atomic E-state index is 15.6. The Morgan fingerprint density at radius 2 is 0.880 bits per heavy atom. The van der Waals surface area contributed by atoms with Crippen LogP contribution in [0.3, 0.4) is 0 Å². The quantitative estimate of drug-likeness (QED) is 0.0224. The van der Waals surface area contributed by atoms with E-state index in [2.05, 4.69) is 105 Å². The first-order valence-electron chi connectivity index (χ1n) is 42.0. The molecule has 13 amide bonds. The lowest BCUT2D eigenvalue weighted by molar-refractivity contribution is -0.157. The normalized spacial score (nSPS) is 22.7. The number of hydrogen-bond donors (Lipinski definition) is 7. The lowest BCUT2D eigenvalue weighted by Gasteiger charge is -2.41. The van der Waals surface area contributed by atoms with Crippen molar-refractivity contribution in [1.82, 2.24) is 66.2 Å². The molecule has 0 saturated carbocycles. The SMILES string of the molecule is CC[C@@H]1NC(=O)[C@H]([C@H](O)[C@H](C)C/C=C/C(=O)NCCCCCCNC(=O)CC[P+](c2ccccc2)(c2ccccc2)c2ccccc2)N(C)C(=O)[C@H](C(C)C)N(C)C(=O)[C@H](CC(C)C)N(C)C(=O)[C@H](CC(C)C)N(C)C(=O)[C@@H](C)NC(=O)[C@H](C)NC(=O)[C@H](CC(C)C)N(C)C(=O)[C@H](C(C)C)NC(=O)[C@H](CC(C)C)N(C)C(=O)CN(C)C1=O. The molecule has 117 heavy (non-hydrogen) atoms. The van der Waals surface area contributed by atoms with Gasteiger partial charge in [0.05, 0.1) is 25.2 Å². The lowest BCUT2D eigenvalue weighted by Crippen LogP contribution is -2.63. The number of aliphatic hydroxyl groups excluding tert-OH is 1. The first-order chi connectivity index (χ1) is 55.0. The molecule has 1 heterocycles. The van der Waals surface area contributed by atoms with Crippen molar-refractivity contribution in [2.75, 3.05) is 75.1 Å². The molecule has 650 valence electrons. The van der Waals surface area contributed by atoms with Gasteiger partial charge in [-0.1, -0.05) is 170 Å². The molecule has 3 aromatic rings. The zero-order chi connectivity index (χ0) is 88.0. The van der Waals surface area contributed by atoms with Gasteiger partial charge in [-0.25, -0.2) is 0 Å². The minimum absolute atomic E-state index is 0.0137. The summed E-state index contributed by atoms with van der Waals surface area (Å²) in [5, 5.41) is 33.3. The predicted molar refractivity (Wildman–Crippen MR) is 462 cm³/mol. The maximum Gasteiger partial charge on any atom is 0.246 e. The number of hydrogen-bond acceptors (Lipinski definition) is 14. The maximum atomic E-state index is 15.6. The molecule has 7 N–H and O–H groups in total. The minimum Gasteiger partial charge on any atom is -0.390 e. The van der Waals surface area contributed by atoms with E-state index in [0.29, 0.717) is 32.1 Å². The van der Waals surface area contributed by atoms with E-state index in [1.807, 2.05) is 73.6 Å².